The number of hydrogen-bond acceptors (Lipinski definition) is 14. The van der Waals surface area contributed by atoms with Crippen molar-refractivity contribution < 1.29 is 65.7 Å². The van der Waals surface area contributed by atoms with Crippen molar-refractivity contribution in [1.29, 1.82) is 0 Å². The highest BCUT2D eigenvalue weighted by Gasteiger charge is 2.48. The van der Waals surface area contributed by atoms with Crippen LogP contribution in [0.1, 0.15) is 12.6 Å². The molecule has 3 heterocycles. The van der Waals surface area contributed by atoms with Crippen LogP contribution in [0.15, 0.2) is 12.7 Å². The largest absolute Gasteiger partial charge is 0.490 e. The summed E-state index contributed by atoms with van der Waals surface area (Å²) >= 11 is 0. The average Bonchev–Trinajstić information content (AvgIpc) is 3.29. The lowest BCUT2D eigenvalue weighted by molar-refractivity contribution is -0.0725. The molecule has 19 nitrogen and oxygen atoms in total. The number of aliphatic hydroxyl groups is 1. The van der Waals surface area contributed by atoms with Crippen LogP contribution in [-0.2, 0) is 41.1 Å². The summed E-state index contributed by atoms with van der Waals surface area (Å²) in [6, 6.07) is 0. The SMILES string of the molecule is COCCCOC1[C@@H](O)[C@@H](COP(=O)(O)OP(=O)(O)OP(=O)(O)O)O[C@H]1n1cnc2c(N)ncnc21. The highest BCUT2D eigenvalue weighted by atomic mass is 31.3. The van der Waals surface area contributed by atoms with Crippen LogP contribution in [0.25, 0.3) is 11.2 Å². The highest BCUT2D eigenvalue weighted by Crippen LogP contribution is 2.66. The second kappa shape index (κ2) is 11.6. The number of ether oxygens (including phenoxy) is 3. The van der Waals surface area contributed by atoms with Crippen molar-refractivity contribution in [3.63, 3.8) is 0 Å². The van der Waals surface area contributed by atoms with E-state index in [0.717, 1.165) is 0 Å². The molecule has 36 heavy (non-hydrogen) atoms. The van der Waals surface area contributed by atoms with Gasteiger partial charge in [0.2, 0.25) is 0 Å². The van der Waals surface area contributed by atoms with Gasteiger partial charge in [0.15, 0.2) is 17.7 Å². The maximum atomic E-state index is 12.0. The first-order chi connectivity index (χ1) is 16.7. The molecule has 1 aliphatic rings. The maximum absolute atomic E-state index is 12.0. The molecule has 0 aromatic carbocycles. The number of aliphatic hydroxyl groups excluding tert-OH is 1. The Morgan fingerprint density at radius 1 is 1.08 bits per heavy atom. The van der Waals surface area contributed by atoms with Crippen LogP contribution in [-0.4, -0.2) is 89.4 Å². The predicted octanol–water partition coefficient (Wildman–Crippen LogP) is -0.568. The molecular formula is C14H24N5O14P3. The van der Waals surface area contributed by atoms with Crippen molar-refractivity contribution in [3.05, 3.63) is 12.7 Å². The highest BCUT2D eigenvalue weighted by molar-refractivity contribution is 7.66. The number of hydrogen-bond donors (Lipinski definition) is 6. The third-order valence-corrected chi connectivity index (χ3v) is 8.40. The molecule has 3 unspecified atom stereocenters. The molecule has 7 N–H and O–H groups in total. The van der Waals surface area contributed by atoms with E-state index in [9.17, 15) is 28.6 Å². The van der Waals surface area contributed by atoms with E-state index >= 15 is 0 Å². The summed E-state index contributed by atoms with van der Waals surface area (Å²) in [7, 11) is -15.2. The number of rotatable bonds is 13. The van der Waals surface area contributed by atoms with Gasteiger partial charge in [-0.25, -0.2) is 28.6 Å². The molecule has 6 atom stereocenters. The summed E-state index contributed by atoms with van der Waals surface area (Å²) in [5, 5.41) is 10.8. The van der Waals surface area contributed by atoms with Crippen molar-refractivity contribution in [2.45, 2.75) is 31.0 Å². The number of nitrogens with two attached hydrogens (primary N) is 1. The summed E-state index contributed by atoms with van der Waals surface area (Å²) in [6.45, 7) is -0.396. The molecule has 0 bridgehead atoms. The van der Waals surface area contributed by atoms with E-state index in [1.807, 2.05) is 0 Å². The number of imidazole rings is 1. The van der Waals surface area contributed by atoms with Crippen LogP contribution in [0, 0.1) is 0 Å². The Morgan fingerprint density at radius 3 is 2.47 bits per heavy atom. The predicted molar refractivity (Wildman–Crippen MR) is 116 cm³/mol. The average molecular weight is 579 g/mol. The minimum atomic E-state index is -5.71. The maximum Gasteiger partial charge on any atom is 0.490 e. The van der Waals surface area contributed by atoms with E-state index in [4.69, 9.17) is 29.7 Å². The van der Waals surface area contributed by atoms with Gasteiger partial charge in [0.05, 0.1) is 12.9 Å². The molecule has 1 aliphatic heterocycles. The number of fused-ring (bicyclic) bond motifs is 1. The zero-order valence-electron chi connectivity index (χ0n) is 18.4. The summed E-state index contributed by atoms with van der Waals surface area (Å²) in [5.41, 5.74) is 6.27. The van der Waals surface area contributed by atoms with Gasteiger partial charge in [-0.3, -0.25) is 9.09 Å². The Hall–Kier alpha value is -1.40. The van der Waals surface area contributed by atoms with Gasteiger partial charge >= 0.3 is 23.5 Å². The number of nitrogens with zero attached hydrogens (tertiary/aromatic N) is 4. The summed E-state index contributed by atoms with van der Waals surface area (Å²) in [6.07, 6.45) is -2.05. The number of phosphoric ester groups is 1. The van der Waals surface area contributed by atoms with Crippen LogP contribution < -0.4 is 5.73 Å². The molecule has 204 valence electrons. The van der Waals surface area contributed by atoms with Crippen LogP contribution >= 0.6 is 23.5 Å². The van der Waals surface area contributed by atoms with Crippen molar-refractivity contribution in [3.8, 4) is 0 Å². The minimum Gasteiger partial charge on any atom is -0.387 e. The zero-order chi connectivity index (χ0) is 26.7. The number of aromatic nitrogens is 4. The first-order valence-corrected chi connectivity index (χ1v) is 14.4. The molecule has 0 aliphatic carbocycles. The fourth-order valence-electron chi connectivity index (χ4n) is 3.21. The molecule has 2 aromatic heterocycles. The molecule has 0 amide bonds. The van der Waals surface area contributed by atoms with E-state index in [1.165, 1.54) is 24.3 Å². The Labute approximate surface area is 202 Å². The van der Waals surface area contributed by atoms with Crippen molar-refractivity contribution in [1.82, 2.24) is 19.5 Å². The van der Waals surface area contributed by atoms with Crippen LogP contribution in [0.5, 0.6) is 0 Å². The third-order valence-electron chi connectivity index (χ3n) is 4.59. The Morgan fingerprint density at radius 2 is 1.81 bits per heavy atom. The first kappa shape index (κ1) is 29.2. The van der Waals surface area contributed by atoms with Gasteiger partial charge in [-0.05, 0) is 6.42 Å². The molecule has 2 aromatic rings. The van der Waals surface area contributed by atoms with Crippen molar-refractivity contribution in [2.75, 3.05) is 32.7 Å². The van der Waals surface area contributed by atoms with Crippen LogP contribution in [0.3, 0.4) is 0 Å². The number of methoxy groups -OCH3 is 1. The van der Waals surface area contributed by atoms with Gasteiger partial charge in [0.25, 0.3) is 0 Å². The third kappa shape index (κ3) is 7.56. The van der Waals surface area contributed by atoms with Gasteiger partial charge in [-0.15, -0.1) is 0 Å². The molecule has 1 fully saturated rings. The topological polar surface area (TPSA) is 277 Å². The van der Waals surface area contributed by atoms with E-state index < -0.39 is 54.6 Å². The Balaban J connectivity index is 1.76. The van der Waals surface area contributed by atoms with Crippen molar-refractivity contribution >= 4 is 40.4 Å². The fourth-order valence-corrected chi connectivity index (χ4v) is 6.24. The number of nitrogen functional groups attached to an aromatic ring is 1. The molecular weight excluding hydrogens is 555 g/mol. The van der Waals surface area contributed by atoms with Crippen LogP contribution in [0.2, 0.25) is 0 Å². The second-order valence-electron chi connectivity index (χ2n) is 7.21. The van der Waals surface area contributed by atoms with Gasteiger partial charge in [0.1, 0.15) is 30.2 Å². The first-order valence-electron chi connectivity index (χ1n) is 9.88. The second-order valence-corrected chi connectivity index (χ2v) is 11.6. The van der Waals surface area contributed by atoms with Gasteiger partial charge in [-0.1, -0.05) is 0 Å². The van der Waals surface area contributed by atoms with Gasteiger partial charge < -0.3 is 44.6 Å². The normalized spacial score (nSPS) is 26.2. The lowest BCUT2D eigenvalue weighted by Crippen LogP contribution is -2.36. The lowest BCUT2D eigenvalue weighted by Gasteiger charge is -2.22. The smallest absolute Gasteiger partial charge is 0.387 e. The molecule has 0 spiro atoms. The van der Waals surface area contributed by atoms with E-state index in [1.54, 1.807) is 0 Å². The van der Waals surface area contributed by atoms with E-state index in [-0.39, 0.29) is 23.6 Å². The minimum absolute atomic E-state index is 0.0825. The fraction of sp³-hybridized carbons (Fsp3) is 0.643. The Bertz CT molecular complexity index is 1190. The van der Waals surface area contributed by atoms with Crippen LogP contribution in [0.4, 0.5) is 5.82 Å². The molecule has 3 rings (SSSR count). The monoisotopic (exact) mass is 579 g/mol. The van der Waals surface area contributed by atoms with E-state index in [0.29, 0.717) is 13.0 Å². The molecule has 0 saturated carbocycles. The lowest BCUT2D eigenvalue weighted by atomic mass is 10.1. The summed E-state index contributed by atoms with van der Waals surface area (Å²) in [4.78, 5) is 48.2. The number of anilines is 1. The van der Waals surface area contributed by atoms with E-state index in [2.05, 4.69) is 28.1 Å². The zero-order valence-corrected chi connectivity index (χ0v) is 21.1. The molecule has 1 saturated heterocycles. The molecule has 22 heteroatoms. The summed E-state index contributed by atoms with van der Waals surface area (Å²) < 4.78 is 64.0. The quantitative estimate of drug-likeness (QED) is 0.128. The summed E-state index contributed by atoms with van der Waals surface area (Å²) in [5.74, 6) is 0.0825. The standard InChI is InChI=1S/C14H24N5O14P3/c1-28-3-2-4-29-11-10(20)8(5-30-35(24,25)33-36(26,27)32-34(21,22)23)31-14(11)19-7-18-9-12(15)16-6-17-13(9)19/h6-8,10-11,14,20H,2-5H2,1H3,(H,24,25)(H,26,27)(H2,15,16,17)(H2,21,22,23)/t8-,10+,11?,14-/m1/s1. The van der Waals surface area contributed by atoms with Crippen molar-refractivity contribution in [2.24, 2.45) is 0 Å². The Kier molecular flexibility index (Phi) is 9.36. The number of phosphoric acid groups is 3. The molecule has 0 radical (unpaired) electrons. The van der Waals surface area contributed by atoms with Gasteiger partial charge in [0, 0.05) is 20.3 Å². The van der Waals surface area contributed by atoms with Gasteiger partial charge in [-0.2, -0.15) is 8.62 Å².